The standard InChI is InChI=1S/C15H18BrCl2NO/c1-4-5-19-7-11-12(8(2)3)13-14(18)9(16)6-10(17)15(13)20-11/h6,8,19H,4-5,7H2,1-3H3. The zero-order valence-corrected chi connectivity index (χ0v) is 14.9. The number of benzene rings is 1. The minimum atomic E-state index is 0.317. The molecule has 2 aromatic rings. The average Bonchev–Trinajstić information content (AvgIpc) is 2.76. The lowest BCUT2D eigenvalue weighted by atomic mass is 9.99. The molecule has 5 heteroatoms. The second-order valence-corrected chi connectivity index (χ2v) is 6.77. The lowest BCUT2D eigenvalue weighted by Crippen LogP contribution is -2.14. The topological polar surface area (TPSA) is 25.2 Å². The fourth-order valence-electron chi connectivity index (χ4n) is 2.36. The quantitative estimate of drug-likeness (QED) is 0.500. The average molecular weight is 379 g/mol. The summed E-state index contributed by atoms with van der Waals surface area (Å²) in [5, 5.41) is 5.54. The third-order valence-electron chi connectivity index (χ3n) is 3.21. The number of halogens is 3. The van der Waals surface area contributed by atoms with Crippen LogP contribution >= 0.6 is 39.1 Å². The smallest absolute Gasteiger partial charge is 0.154 e. The van der Waals surface area contributed by atoms with E-state index in [4.69, 9.17) is 27.6 Å². The van der Waals surface area contributed by atoms with Crippen LogP contribution in [-0.2, 0) is 6.54 Å². The SMILES string of the molecule is CCCNCc1oc2c(Cl)cc(Br)c(Cl)c2c1C(C)C. The summed E-state index contributed by atoms with van der Waals surface area (Å²) in [5.41, 5.74) is 1.81. The molecule has 0 spiro atoms. The van der Waals surface area contributed by atoms with Crippen molar-refractivity contribution < 1.29 is 4.42 Å². The molecule has 0 fully saturated rings. The molecule has 1 aromatic heterocycles. The van der Waals surface area contributed by atoms with E-state index in [9.17, 15) is 0 Å². The molecule has 110 valence electrons. The van der Waals surface area contributed by atoms with E-state index in [1.807, 2.05) is 0 Å². The first-order chi connectivity index (χ1) is 9.47. The normalized spacial score (nSPS) is 11.8. The van der Waals surface area contributed by atoms with Crippen molar-refractivity contribution in [3.63, 3.8) is 0 Å². The number of furan rings is 1. The minimum Gasteiger partial charge on any atom is -0.458 e. The number of rotatable bonds is 5. The van der Waals surface area contributed by atoms with Gasteiger partial charge in [-0.1, -0.05) is 44.0 Å². The van der Waals surface area contributed by atoms with E-state index in [0.717, 1.165) is 34.1 Å². The minimum absolute atomic E-state index is 0.317. The molecule has 0 saturated carbocycles. The van der Waals surface area contributed by atoms with Gasteiger partial charge in [-0.15, -0.1) is 0 Å². The molecule has 2 nitrogen and oxygen atoms in total. The van der Waals surface area contributed by atoms with Crippen molar-refractivity contribution in [1.29, 1.82) is 0 Å². The van der Waals surface area contributed by atoms with Crippen LogP contribution in [0.3, 0.4) is 0 Å². The highest BCUT2D eigenvalue weighted by molar-refractivity contribution is 9.10. The molecule has 0 amide bonds. The number of hydrogen-bond donors (Lipinski definition) is 1. The van der Waals surface area contributed by atoms with Gasteiger partial charge < -0.3 is 9.73 Å². The van der Waals surface area contributed by atoms with Crippen LogP contribution in [0, 0.1) is 0 Å². The fourth-order valence-corrected chi connectivity index (χ4v) is 3.40. The Balaban J connectivity index is 2.61. The van der Waals surface area contributed by atoms with Crippen LogP contribution in [0.4, 0.5) is 0 Å². The van der Waals surface area contributed by atoms with Gasteiger partial charge in [0, 0.05) is 15.4 Å². The van der Waals surface area contributed by atoms with Crippen LogP contribution in [0.15, 0.2) is 15.0 Å². The molecule has 20 heavy (non-hydrogen) atoms. The molecule has 0 aliphatic heterocycles. The highest BCUT2D eigenvalue weighted by Gasteiger charge is 2.22. The van der Waals surface area contributed by atoms with Gasteiger partial charge in [0.25, 0.3) is 0 Å². The van der Waals surface area contributed by atoms with Crippen molar-refractivity contribution in [2.45, 2.75) is 39.7 Å². The van der Waals surface area contributed by atoms with Gasteiger partial charge in [-0.25, -0.2) is 0 Å². The Hall–Kier alpha value is -0.220. The van der Waals surface area contributed by atoms with Crippen LogP contribution < -0.4 is 5.32 Å². The number of fused-ring (bicyclic) bond motifs is 1. The third kappa shape index (κ3) is 3.01. The molecule has 0 radical (unpaired) electrons. The van der Waals surface area contributed by atoms with Crippen LogP contribution in [-0.4, -0.2) is 6.54 Å². The van der Waals surface area contributed by atoms with Crippen molar-refractivity contribution in [3.8, 4) is 0 Å². The van der Waals surface area contributed by atoms with Crippen LogP contribution in [0.5, 0.6) is 0 Å². The summed E-state index contributed by atoms with van der Waals surface area (Å²) in [6, 6.07) is 1.78. The molecule has 0 atom stereocenters. The molecular formula is C15H18BrCl2NO. The van der Waals surface area contributed by atoms with Crippen molar-refractivity contribution in [2.24, 2.45) is 0 Å². The third-order valence-corrected chi connectivity index (χ3v) is 4.74. The lowest BCUT2D eigenvalue weighted by Gasteiger charge is -2.08. The van der Waals surface area contributed by atoms with Crippen molar-refractivity contribution >= 4 is 50.1 Å². The molecule has 0 aliphatic rings. The first kappa shape index (κ1) is 16.2. The summed E-state index contributed by atoms with van der Waals surface area (Å²) in [7, 11) is 0. The fraction of sp³-hybridized carbons (Fsp3) is 0.467. The second kappa shape index (κ2) is 6.69. The van der Waals surface area contributed by atoms with Crippen molar-refractivity contribution in [3.05, 3.63) is 31.9 Å². The zero-order valence-electron chi connectivity index (χ0n) is 11.8. The summed E-state index contributed by atoms with van der Waals surface area (Å²) < 4.78 is 6.77. The molecule has 0 bridgehead atoms. The van der Waals surface area contributed by atoms with E-state index >= 15 is 0 Å². The molecular weight excluding hydrogens is 361 g/mol. The van der Waals surface area contributed by atoms with E-state index in [1.165, 1.54) is 0 Å². The molecule has 2 rings (SSSR count). The van der Waals surface area contributed by atoms with E-state index in [-0.39, 0.29) is 0 Å². The predicted molar refractivity (Wildman–Crippen MR) is 90.0 cm³/mol. The number of hydrogen-bond acceptors (Lipinski definition) is 2. The molecule has 1 N–H and O–H groups in total. The molecule has 0 aliphatic carbocycles. The first-order valence-electron chi connectivity index (χ1n) is 6.76. The van der Waals surface area contributed by atoms with E-state index < -0.39 is 0 Å². The Morgan fingerprint density at radius 1 is 1.35 bits per heavy atom. The summed E-state index contributed by atoms with van der Waals surface area (Å²) in [5.74, 6) is 1.24. The van der Waals surface area contributed by atoms with Crippen molar-refractivity contribution in [1.82, 2.24) is 5.32 Å². The zero-order chi connectivity index (χ0) is 14.9. The lowest BCUT2D eigenvalue weighted by molar-refractivity contribution is 0.504. The van der Waals surface area contributed by atoms with Gasteiger partial charge in [-0.3, -0.25) is 0 Å². The largest absolute Gasteiger partial charge is 0.458 e. The van der Waals surface area contributed by atoms with Crippen LogP contribution in [0.2, 0.25) is 10.0 Å². The van der Waals surface area contributed by atoms with Gasteiger partial charge in [0.05, 0.1) is 16.6 Å². The Bertz CT molecular complexity index is 622. The van der Waals surface area contributed by atoms with Gasteiger partial charge in [0.1, 0.15) is 5.76 Å². The van der Waals surface area contributed by atoms with Gasteiger partial charge in [-0.2, -0.15) is 0 Å². The van der Waals surface area contributed by atoms with Gasteiger partial charge >= 0.3 is 0 Å². The van der Waals surface area contributed by atoms with E-state index in [2.05, 4.69) is 42.0 Å². The highest BCUT2D eigenvalue weighted by atomic mass is 79.9. The molecule has 0 saturated heterocycles. The Kier molecular flexibility index (Phi) is 5.41. The predicted octanol–water partition coefficient (Wildman–Crippen LogP) is 6.13. The molecule has 0 unspecified atom stereocenters. The summed E-state index contributed by atoms with van der Waals surface area (Å²) in [6.45, 7) is 8.07. The molecule has 1 aromatic carbocycles. The molecule has 1 heterocycles. The highest BCUT2D eigenvalue weighted by Crippen LogP contribution is 2.43. The Morgan fingerprint density at radius 2 is 2.05 bits per heavy atom. The summed E-state index contributed by atoms with van der Waals surface area (Å²) in [4.78, 5) is 0. The van der Waals surface area contributed by atoms with Crippen LogP contribution in [0.25, 0.3) is 11.0 Å². The van der Waals surface area contributed by atoms with Gasteiger partial charge in [-0.05, 0) is 40.9 Å². The Morgan fingerprint density at radius 3 is 2.65 bits per heavy atom. The monoisotopic (exact) mass is 377 g/mol. The maximum absolute atomic E-state index is 6.44. The van der Waals surface area contributed by atoms with Gasteiger partial charge in [0.15, 0.2) is 5.58 Å². The van der Waals surface area contributed by atoms with Crippen molar-refractivity contribution in [2.75, 3.05) is 6.54 Å². The maximum atomic E-state index is 6.44. The van der Waals surface area contributed by atoms with E-state index in [0.29, 0.717) is 28.1 Å². The summed E-state index contributed by atoms with van der Waals surface area (Å²) >= 11 is 16.2. The Labute approximate surface area is 137 Å². The van der Waals surface area contributed by atoms with E-state index in [1.54, 1.807) is 6.07 Å². The first-order valence-corrected chi connectivity index (χ1v) is 8.31. The second-order valence-electron chi connectivity index (χ2n) is 5.13. The summed E-state index contributed by atoms with van der Waals surface area (Å²) in [6.07, 6.45) is 1.09. The number of nitrogens with one attached hydrogen (secondary N) is 1. The van der Waals surface area contributed by atoms with Crippen LogP contribution in [0.1, 0.15) is 44.4 Å². The van der Waals surface area contributed by atoms with Gasteiger partial charge in [0.2, 0.25) is 0 Å². The maximum Gasteiger partial charge on any atom is 0.154 e.